The number of fused-ring (bicyclic) bond motifs is 1. The second-order valence-electron chi connectivity index (χ2n) is 5.56. The number of Topliss-reactive ketones (excluding diaryl/α,β-unsaturated/α-hetero) is 1. The van der Waals surface area contributed by atoms with Gasteiger partial charge in [0.1, 0.15) is 5.65 Å². The molecule has 0 bridgehead atoms. The Labute approximate surface area is 128 Å². The molecule has 0 saturated heterocycles. The summed E-state index contributed by atoms with van der Waals surface area (Å²) in [4.78, 5) is 19.3. The lowest BCUT2D eigenvalue weighted by atomic mass is 10.1. The van der Waals surface area contributed by atoms with Gasteiger partial charge in [0, 0.05) is 40.4 Å². The van der Waals surface area contributed by atoms with E-state index in [1.165, 1.54) is 0 Å². The third-order valence-electron chi connectivity index (χ3n) is 3.92. The van der Waals surface area contributed by atoms with Crippen molar-refractivity contribution in [1.82, 2.24) is 9.97 Å². The summed E-state index contributed by atoms with van der Waals surface area (Å²) in [5, 5.41) is 1.02. The van der Waals surface area contributed by atoms with Crippen LogP contribution in [0.25, 0.3) is 11.0 Å². The topological polar surface area (TPSA) is 45.8 Å². The molecular formula is C19H14N2O. The Morgan fingerprint density at radius 3 is 2.68 bits per heavy atom. The van der Waals surface area contributed by atoms with Gasteiger partial charge in [0.05, 0.1) is 0 Å². The highest BCUT2D eigenvalue weighted by atomic mass is 16.1. The van der Waals surface area contributed by atoms with Gasteiger partial charge in [0.25, 0.3) is 0 Å². The van der Waals surface area contributed by atoms with E-state index in [0.717, 1.165) is 40.6 Å². The number of rotatable bonds is 2. The van der Waals surface area contributed by atoms with E-state index >= 15 is 0 Å². The third kappa shape index (κ3) is 2.40. The number of H-pyrrole nitrogens is 1. The van der Waals surface area contributed by atoms with E-state index in [4.69, 9.17) is 0 Å². The Hall–Kier alpha value is -2.86. The Kier molecular flexibility index (Phi) is 3.01. The van der Waals surface area contributed by atoms with Gasteiger partial charge in [0.15, 0.2) is 5.78 Å². The molecule has 2 heterocycles. The van der Waals surface area contributed by atoms with Crippen molar-refractivity contribution >= 4 is 16.8 Å². The predicted octanol–water partition coefficient (Wildman–Crippen LogP) is 3.56. The van der Waals surface area contributed by atoms with Gasteiger partial charge in [-0.1, -0.05) is 24.0 Å². The molecule has 0 spiro atoms. The first-order valence-corrected chi connectivity index (χ1v) is 7.40. The minimum atomic E-state index is 0.260. The Morgan fingerprint density at radius 1 is 1.09 bits per heavy atom. The van der Waals surface area contributed by atoms with Gasteiger partial charge in [-0.15, -0.1) is 0 Å². The maximum Gasteiger partial charge on any atom is 0.165 e. The normalized spacial score (nSPS) is 13.6. The number of aromatic nitrogens is 2. The van der Waals surface area contributed by atoms with Crippen LogP contribution in [-0.2, 0) is 0 Å². The van der Waals surface area contributed by atoms with E-state index < -0.39 is 0 Å². The van der Waals surface area contributed by atoms with Crippen LogP contribution in [0.1, 0.15) is 34.3 Å². The number of pyridine rings is 1. The van der Waals surface area contributed by atoms with Crippen LogP contribution in [0.3, 0.4) is 0 Å². The number of hydrogen-bond donors (Lipinski definition) is 1. The number of carbonyl (C=O) groups excluding carboxylic acids is 1. The maximum absolute atomic E-state index is 12.0. The van der Waals surface area contributed by atoms with Crippen LogP contribution in [0.15, 0.2) is 48.8 Å². The van der Waals surface area contributed by atoms with Gasteiger partial charge < -0.3 is 4.98 Å². The molecule has 1 fully saturated rings. The van der Waals surface area contributed by atoms with Gasteiger partial charge in [0.2, 0.25) is 0 Å². The molecule has 2 aromatic heterocycles. The van der Waals surface area contributed by atoms with Crippen LogP contribution in [0, 0.1) is 17.8 Å². The summed E-state index contributed by atoms with van der Waals surface area (Å²) in [6.45, 7) is 0. The molecule has 1 aliphatic carbocycles. The Balaban J connectivity index is 1.61. The van der Waals surface area contributed by atoms with E-state index in [9.17, 15) is 4.79 Å². The molecule has 1 saturated carbocycles. The summed E-state index contributed by atoms with van der Waals surface area (Å²) < 4.78 is 0. The zero-order valence-electron chi connectivity index (χ0n) is 12.0. The summed E-state index contributed by atoms with van der Waals surface area (Å²) in [5.41, 5.74) is 3.50. The highest BCUT2D eigenvalue weighted by molar-refractivity contribution is 5.99. The average molecular weight is 286 g/mol. The number of hydrogen-bond acceptors (Lipinski definition) is 2. The molecular weight excluding hydrogens is 272 g/mol. The summed E-state index contributed by atoms with van der Waals surface area (Å²) in [6, 6.07) is 11.5. The maximum atomic E-state index is 12.0. The molecule has 4 rings (SSSR count). The fourth-order valence-electron chi connectivity index (χ4n) is 2.51. The number of ketones is 1. The Bertz CT molecular complexity index is 906. The Morgan fingerprint density at radius 2 is 1.91 bits per heavy atom. The SMILES string of the molecule is O=C(c1ccc(C#Cc2ccnc3[nH]ccc23)cc1)C1CC1. The van der Waals surface area contributed by atoms with Crippen LogP contribution in [0.4, 0.5) is 0 Å². The zero-order valence-corrected chi connectivity index (χ0v) is 12.0. The smallest absolute Gasteiger partial charge is 0.165 e. The molecule has 22 heavy (non-hydrogen) atoms. The largest absolute Gasteiger partial charge is 0.346 e. The molecule has 3 aromatic rings. The van der Waals surface area contributed by atoms with Crippen molar-refractivity contribution in [1.29, 1.82) is 0 Å². The van der Waals surface area contributed by atoms with Gasteiger partial charge in [-0.2, -0.15) is 0 Å². The van der Waals surface area contributed by atoms with Gasteiger partial charge in [-0.25, -0.2) is 4.98 Å². The van der Waals surface area contributed by atoms with Gasteiger partial charge in [-0.3, -0.25) is 4.79 Å². The van der Waals surface area contributed by atoms with Gasteiger partial charge in [-0.05, 0) is 37.1 Å². The van der Waals surface area contributed by atoms with E-state index in [0.29, 0.717) is 0 Å². The summed E-state index contributed by atoms with van der Waals surface area (Å²) >= 11 is 0. The summed E-state index contributed by atoms with van der Waals surface area (Å²) in [7, 11) is 0. The quantitative estimate of drug-likeness (QED) is 0.578. The summed E-state index contributed by atoms with van der Waals surface area (Å²) in [6.07, 6.45) is 5.69. The van der Waals surface area contributed by atoms with Gasteiger partial charge >= 0.3 is 0 Å². The van der Waals surface area contributed by atoms with Crippen LogP contribution in [0.5, 0.6) is 0 Å². The van der Waals surface area contributed by atoms with Crippen LogP contribution >= 0.6 is 0 Å². The highest BCUT2D eigenvalue weighted by Gasteiger charge is 2.30. The molecule has 3 heteroatoms. The minimum Gasteiger partial charge on any atom is -0.346 e. The van der Waals surface area contributed by atoms with E-state index in [1.54, 1.807) is 6.20 Å². The molecule has 1 aliphatic rings. The molecule has 1 N–H and O–H groups in total. The molecule has 0 aliphatic heterocycles. The fraction of sp³-hybridized carbons (Fsp3) is 0.158. The first kappa shape index (κ1) is 12.8. The fourth-order valence-corrected chi connectivity index (χ4v) is 2.51. The first-order valence-electron chi connectivity index (χ1n) is 7.40. The molecule has 1 aromatic carbocycles. The number of nitrogens with one attached hydrogen (secondary N) is 1. The number of benzene rings is 1. The van der Waals surface area contributed by atoms with Crippen molar-refractivity contribution in [3.8, 4) is 11.8 Å². The highest BCUT2D eigenvalue weighted by Crippen LogP contribution is 2.32. The number of carbonyl (C=O) groups is 1. The molecule has 0 unspecified atom stereocenters. The summed E-state index contributed by atoms with van der Waals surface area (Å²) in [5.74, 6) is 6.86. The van der Waals surface area contributed by atoms with E-state index in [1.807, 2.05) is 42.6 Å². The first-order chi connectivity index (χ1) is 10.8. The third-order valence-corrected chi connectivity index (χ3v) is 3.92. The van der Waals surface area contributed by atoms with Crippen molar-refractivity contribution in [2.45, 2.75) is 12.8 Å². The second-order valence-corrected chi connectivity index (χ2v) is 5.56. The monoisotopic (exact) mass is 286 g/mol. The van der Waals surface area contributed by atoms with Crippen LogP contribution < -0.4 is 0 Å². The minimum absolute atomic E-state index is 0.260. The molecule has 0 radical (unpaired) electrons. The van der Waals surface area contributed by atoms with E-state index in [2.05, 4.69) is 21.8 Å². The molecule has 106 valence electrons. The standard InChI is InChI=1S/C19H14N2O/c22-18(16-7-8-16)15-5-2-13(3-6-15)1-4-14-9-11-20-19-17(14)10-12-21-19/h2-3,5-6,9-12,16H,7-8H2,(H,20,21). The molecule has 0 amide bonds. The van der Waals surface area contributed by atoms with Crippen molar-refractivity contribution in [3.63, 3.8) is 0 Å². The predicted molar refractivity (Wildman–Crippen MR) is 85.6 cm³/mol. The lowest BCUT2D eigenvalue weighted by Gasteiger charge is -1.98. The molecule has 3 nitrogen and oxygen atoms in total. The second kappa shape index (κ2) is 5.16. The van der Waals surface area contributed by atoms with Crippen LogP contribution in [-0.4, -0.2) is 15.8 Å². The van der Waals surface area contributed by atoms with Crippen molar-refractivity contribution in [3.05, 3.63) is 65.5 Å². The number of nitrogens with zero attached hydrogens (tertiary/aromatic N) is 1. The number of aromatic amines is 1. The van der Waals surface area contributed by atoms with Crippen molar-refractivity contribution in [2.24, 2.45) is 5.92 Å². The average Bonchev–Trinajstić information content (AvgIpc) is 3.30. The van der Waals surface area contributed by atoms with Crippen LogP contribution in [0.2, 0.25) is 0 Å². The lowest BCUT2D eigenvalue weighted by molar-refractivity contribution is 0.0967. The zero-order chi connectivity index (χ0) is 14.9. The van der Waals surface area contributed by atoms with E-state index in [-0.39, 0.29) is 11.7 Å². The van der Waals surface area contributed by atoms with Crippen molar-refractivity contribution < 1.29 is 4.79 Å². The lowest BCUT2D eigenvalue weighted by Crippen LogP contribution is -2.00. The molecule has 0 atom stereocenters. The van der Waals surface area contributed by atoms with Crippen molar-refractivity contribution in [2.75, 3.05) is 0 Å².